The van der Waals surface area contributed by atoms with Gasteiger partial charge in [0.25, 0.3) is 0 Å². The molecular weight excluding hydrogens is 227 g/mol. The van der Waals surface area contributed by atoms with Crippen molar-refractivity contribution < 1.29 is 4.11 Å². The Kier molecular flexibility index (Phi) is 10.2. The molecule has 0 aliphatic rings. The van der Waals surface area contributed by atoms with E-state index in [0.29, 0.717) is 5.92 Å². The molecular formula is C15H33FSi. The molecule has 2 heteroatoms. The summed E-state index contributed by atoms with van der Waals surface area (Å²) < 4.78 is 12.9. The summed E-state index contributed by atoms with van der Waals surface area (Å²) in [6.45, 7) is 8.70. The van der Waals surface area contributed by atoms with Crippen molar-refractivity contribution in [3.63, 3.8) is 0 Å². The predicted molar refractivity (Wildman–Crippen MR) is 80.1 cm³/mol. The summed E-state index contributed by atoms with van der Waals surface area (Å²) in [5, 5.41) is 0.0150. The summed E-state index contributed by atoms with van der Waals surface area (Å²) >= 11 is 0. The van der Waals surface area contributed by atoms with Crippen LogP contribution in [-0.2, 0) is 0 Å². The van der Waals surface area contributed by atoms with Crippen LogP contribution in [0.2, 0.25) is 5.04 Å². The van der Waals surface area contributed by atoms with E-state index >= 15 is 0 Å². The molecule has 0 rings (SSSR count). The molecule has 0 aromatic rings. The molecule has 0 nitrogen and oxygen atoms in total. The van der Waals surface area contributed by atoms with E-state index in [-0.39, 0.29) is 5.04 Å². The molecule has 0 radical (unpaired) electrons. The maximum absolute atomic E-state index is 12.9. The quantitative estimate of drug-likeness (QED) is 0.265. The van der Waals surface area contributed by atoms with Crippen molar-refractivity contribution in [2.24, 2.45) is 5.92 Å². The first-order chi connectivity index (χ1) is 8.04. The Labute approximate surface area is 111 Å². The largest absolute Gasteiger partial charge is 0.322 e. The van der Waals surface area contributed by atoms with Gasteiger partial charge in [-0.1, -0.05) is 85.5 Å². The third-order valence-corrected chi connectivity index (χ3v) is 5.55. The van der Waals surface area contributed by atoms with Crippen LogP contribution < -0.4 is 0 Å². The van der Waals surface area contributed by atoms with Gasteiger partial charge < -0.3 is 4.11 Å². The molecule has 0 spiro atoms. The molecule has 17 heavy (non-hydrogen) atoms. The minimum Gasteiger partial charge on any atom is -0.322 e. The Morgan fingerprint density at radius 1 is 0.941 bits per heavy atom. The van der Waals surface area contributed by atoms with Gasteiger partial charge in [-0.3, -0.25) is 0 Å². The van der Waals surface area contributed by atoms with Crippen molar-refractivity contribution in [1.82, 2.24) is 0 Å². The fourth-order valence-electron chi connectivity index (χ4n) is 2.11. The Balaban J connectivity index is 3.34. The molecule has 0 N–H and O–H groups in total. The van der Waals surface area contributed by atoms with Crippen molar-refractivity contribution in [3.8, 4) is 0 Å². The maximum Gasteiger partial charge on any atom is 0.222 e. The summed E-state index contributed by atoms with van der Waals surface area (Å²) in [5.41, 5.74) is 0. The Morgan fingerprint density at radius 2 is 1.41 bits per heavy atom. The summed E-state index contributed by atoms with van der Waals surface area (Å²) in [5.74, 6) is 0.569. The third kappa shape index (κ3) is 8.81. The molecule has 0 bridgehead atoms. The summed E-state index contributed by atoms with van der Waals surface area (Å²) in [6.07, 6.45) is 12.2. The number of hydrogen-bond acceptors (Lipinski definition) is 0. The maximum atomic E-state index is 12.9. The molecule has 0 aliphatic carbocycles. The highest BCUT2D eigenvalue weighted by atomic mass is 28.3. The first-order valence-electron chi connectivity index (χ1n) is 7.60. The van der Waals surface area contributed by atoms with Crippen LogP contribution in [0, 0.1) is 5.92 Å². The van der Waals surface area contributed by atoms with Crippen LogP contribution in [0.15, 0.2) is 0 Å². The second-order valence-electron chi connectivity index (χ2n) is 6.29. The second-order valence-corrected chi connectivity index (χ2v) is 8.38. The van der Waals surface area contributed by atoms with Gasteiger partial charge >= 0.3 is 0 Å². The topological polar surface area (TPSA) is 0 Å². The van der Waals surface area contributed by atoms with Crippen LogP contribution in [0.5, 0.6) is 0 Å². The van der Waals surface area contributed by atoms with Gasteiger partial charge in [0.2, 0.25) is 9.85 Å². The van der Waals surface area contributed by atoms with Crippen LogP contribution in [0.4, 0.5) is 4.11 Å². The van der Waals surface area contributed by atoms with Gasteiger partial charge in [-0.15, -0.1) is 0 Å². The van der Waals surface area contributed by atoms with Crippen molar-refractivity contribution in [2.75, 3.05) is 0 Å². The van der Waals surface area contributed by atoms with Crippen LogP contribution in [-0.4, -0.2) is 9.85 Å². The minimum atomic E-state index is -1.36. The lowest BCUT2D eigenvalue weighted by Crippen LogP contribution is -2.19. The molecule has 1 atom stereocenters. The normalized spacial score (nSPS) is 14.6. The fourth-order valence-corrected chi connectivity index (χ4v) is 2.57. The van der Waals surface area contributed by atoms with E-state index < -0.39 is 9.85 Å². The van der Waals surface area contributed by atoms with Gasteiger partial charge in [-0.25, -0.2) is 0 Å². The highest BCUT2D eigenvalue weighted by Gasteiger charge is 2.25. The summed E-state index contributed by atoms with van der Waals surface area (Å²) in [4.78, 5) is 0. The molecule has 0 amide bonds. The van der Waals surface area contributed by atoms with Crippen LogP contribution in [0.3, 0.4) is 0 Å². The van der Waals surface area contributed by atoms with E-state index in [0.717, 1.165) is 0 Å². The van der Waals surface area contributed by atoms with E-state index in [4.69, 9.17) is 0 Å². The van der Waals surface area contributed by atoms with Gasteiger partial charge in [-0.2, -0.15) is 0 Å². The molecule has 0 aromatic carbocycles. The Bertz CT molecular complexity index is 168. The monoisotopic (exact) mass is 260 g/mol. The van der Waals surface area contributed by atoms with Crippen LogP contribution in [0.1, 0.15) is 85.5 Å². The zero-order valence-corrected chi connectivity index (χ0v) is 13.9. The smallest absolute Gasteiger partial charge is 0.222 e. The van der Waals surface area contributed by atoms with Gasteiger partial charge in [0.1, 0.15) is 0 Å². The molecule has 1 unspecified atom stereocenters. The molecule has 104 valence electrons. The minimum absolute atomic E-state index is 0.0150. The highest BCUT2D eigenvalue weighted by molar-refractivity contribution is 6.31. The number of hydrogen-bond donors (Lipinski definition) is 0. The number of unbranched alkanes of at least 4 members (excludes halogenated alkanes) is 7. The number of rotatable bonds is 11. The van der Waals surface area contributed by atoms with Gasteiger partial charge in [0, 0.05) is 0 Å². The second kappa shape index (κ2) is 10.1. The first-order valence-corrected chi connectivity index (χ1v) is 8.84. The zero-order chi connectivity index (χ0) is 13.1. The van der Waals surface area contributed by atoms with E-state index in [1.54, 1.807) is 0 Å². The molecule has 0 aromatic heterocycles. The van der Waals surface area contributed by atoms with E-state index in [9.17, 15) is 4.11 Å². The zero-order valence-electron chi connectivity index (χ0n) is 12.5. The number of halogens is 1. The van der Waals surface area contributed by atoms with Crippen molar-refractivity contribution in [1.29, 1.82) is 0 Å². The standard InChI is InChI=1S/C15H33FSi/c1-5-6-7-8-9-10-11-12-13-14(2)15(3,4)17-16/h14H,5-13,17H2,1-4H3. The average Bonchev–Trinajstić information content (AvgIpc) is 2.32. The molecule has 0 saturated carbocycles. The molecule has 0 aliphatic heterocycles. The van der Waals surface area contributed by atoms with Crippen molar-refractivity contribution >= 4 is 9.85 Å². The third-order valence-electron chi connectivity index (χ3n) is 4.17. The lowest BCUT2D eigenvalue weighted by atomic mass is 9.91. The molecule has 0 heterocycles. The first kappa shape index (κ1) is 17.1. The van der Waals surface area contributed by atoms with Gasteiger partial charge in [0.15, 0.2) is 0 Å². The lowest BCUT2D eigenvalue weighted by molar-refractivity contribution is 0.377. The van der Waals surface area contributed by atoms with Crippen LogP contribution >= 0.6 is 0 Å². The van der Waals surface area contributed by atoms with Gasteiger partial charge in [0.05, 0.1) is 0 Å². The SMILES string of the molecule is CCCCCCCCCCC(C)C(C)(C)[SiH2]F. The lowest BCUT2D eigenvalue weighted by Gasteiger charge is -2.28. The summed E-state index contributed by atoms with van der Waals surface area (Å²) in [6, 6.07) is 0. The van der Waals surface area contributed by atoms with Gasteiger partial charge in [-0.05, 0) is 11.0 Å². The highest BCUT2D eigenvalue weighted by Crippen LogP contribution is 2.36. The summed E-state index contributed by atoms with van der Waals surface area (Å²) in [7, 11) is -1.36. The molecule has 0 fully saturated rings. The van der Waals surface area contributed by atoms with Crippen molar-refractivity contribution in [2.45, 2.75) is 90.5 Å². The van der Waals surface area contributed by atoms with Crippen LogP contribution in [0.25, 0.3) is 0 Å². The molecule has 0 saturated heterocycles. The van der Waals surface area contributed by atoms with E-state index in [1.165, 1.54) is 57.8 Å². The van der Waals surface area contributed by atoms with E-state index in [2.05, 4.69) is 27.7 Å². The predicted octanol–water partition coefficient (Wildman–Crippen LogP) is 5.41. The Hall–Kier alpha value is 0.147. The van der Waals surface area contributed by atoms with Crippen molar-refractivity contribution in [3.05, 3.63) is 0 Å². The average molecular weight is 261 g/mol. The van der Waals surface area contributed by atoms with E-state index in [1.807, 2.05) is 0 Å². The Morgan fingerprint density at radius 3 is 1.88 bits per heavy atom. The fraction of sp³-hybridized carbons (Fsp3) is 1.00.